The molecule has 1 atom stereocenters. The van der Waals surface area contributed by atoms with E-state index in [1.807, 2.05) is 7.05 Å². The Morgan fingerprint density at radius 2 is 2.21 bits per heavy atom. The van der Waals surface area contributed by atoms with Gasteiger partial charge in [-0.3, -0.25) is 4.90 Å². The first kappa shape index (κ1) is 14.7. The molecule has 2 heterocycles. The molecular weight excluding hydrogens is 275 g/mol. The molecule has 1 aliphatic heterocycles. The highest BCUT2D eigenvalue weighted by molar-refractivity contribution is 7.11. The molecule has 0 spiro atoms. The Morgan fingerprint density at radius 1 is 1.42 bits per heavy atom. The van der Waals surface area contributed by atoms with Gasteiger partial charge in [-0.2, -0.15) is 13.2 Å². The molecule has 0 aromatic carbocycles. The molecule has 0 bridgehead atoms. The molecule has 1 aliphatic rings. The van der Waals surface area contributed by atoms with E-state index in [9.17, 15) is 13.2 Å². The van der Waals surface area contributed by atoms with Gasteiger partial charge in [0.05, 0.1) is 12.7 Å². The fraction of sp³-hybridized carbons (Fsp3) is 0.750. The van der Waals surface area contributed by atoms with E-state index in [0.717, 1.165) is 49.9 Å². The van der Waals surface area contributed by atoms with Crippen LogP contribution in [0, 0.1) is 0 Å². The number of alkyl halides is 3. The molecule has 1 aromatic heterocycles. The third-order valence-electron chi connectivity index (χ3n) is 3.39. The highest BCUT2D eigenvalue weighted by atomic mass is 32.1. The van der Waals surface area contributed by atoms with Crippen LogP contribution in [0.15, 0.2) is 6.20 Å². The van der Waals surface area contributed by atoms with Crippen molar-refractivity contribution in [2.24, 2.45) is 0 Å². The number of rotatable bonds is 3. The van der Waals surface area contributed by atoms with Gasteiger partial charge in [-0.25, -0.2) is 4.98 Å². The van der Waals surface area contributed by atoms with Crippen molar-refractivity contribution in [2.75, 3.05) is 20.1 Å². The average Bonchev–Trinajstić information content (AvgIpc) is 2.63. The molecular formula is C12H18F3N3S. The third kappa shape index (κ3) is 4.15. The van der Waals surface area contributed by atoms with Gasteiger partial charge in [-0.15, -0.1) is 11.3 Å². The largest absolute Gasteiger partial charge is 0.427 e. The Hall–Kier alpha value is -0.660. The number of nitrogens with one attached hydrogen (secondary N) is 1. The minimum absolute atomic E-state index is 0.424. The first-order chi connectivity index (χ1) is 8.97. The third-order valence-corrected chi connectivity index (χ3v) is 4.41. The molecule has 1 saturated heterocycles. The smallest absolute Gasteiger partial charge is 0.317 e. The molecule has 0 amide bonds. The Morgan fingerprint density at radius 3 is 2.89 bits per heavy atom. The van der Waals surface area contributed by atoms with Gasteiger partial charge in [0.15, 0.2) is 0 Å². The van der Waals surface area contributed by atoms with E-state index in [-0.39, 0.29) is 0 Å². The van der Waals surface area contributed by atoms with E-state index >= 15 is 0 Å². The summed E-state index contributed by atoms with van der Waals surface area (Å²) in [7, 11) is 1.96. The van der Waals surface area contributed by atoms with Gasteiger partial charge in [0.2, 0.25) is 0 Å². The Bertz CT molecular complexity index is 397. The minimum atomic E-state index is -4.28. The Kier molecular flexibility index (Phi) is 4.81. The summed E-state index contributed by atoms with van der Waals surface area (Å²) in [6, 6.07) is 0.424. The summed E-state index contributed by atoms with van der Waals surface area (Å²) in [4.78, 5) is 5.39. The molecule has 1 N–H and O–H groups in total. The molecule has 2 rings (SSSR count). The second kappa shape index (κ2) is 6.19. The van der Waals surface area contributed by atoms with Crippen molar-refractivity contribution in [3.8, 4) is 0 Å². The maximum absolute atomic E-state index is 12.5. The van der Waals surface area contributed by atoms with Crippen LogP contribution in [-0.2, 0) is 12.7 Å². The first-order valence-corrected chi connectivity index (χ1v) is 7.21. The van der Waals surface area contributed by atoms with Gasteiger partial charge < -0.3 is 5.32 Å². The summed E-state index contributed by atoms with van der Waals surface area (Å²) in [5, 5.41) is 3.87. The summed E-state index contributed by atoms with van der Waals surface area (Å²) < 4.78 is 37.5. The number of aromatic nitrogens is 1. The monoisotopic (exact) mass is 293 g/mol. The van der Waals surface area contributed by atoms with Gasteiger partial charge >= 0.3 is 6.18 Å². The van der Waals surface area contributed by atoms with Crippen molar-refractivity contribution >= 4 is 11.3 Å². The quantitative estimate of drug-likeness (QED) is 0.929. The van der Waals surface area contributed by atoms with Crippen LogP contribution >= 0.6 is 11.3 Å². The van der Waals surface area contributed by atoms with Crippen molar-refractivity contribution in [2.45, 2.75) is 38.0 Å². The van der Waals surface area contributed by atoms with Gasteiger partial charge in [-0.05, 0) is 39.4 Å². The summed E-state index contributed by atoms with van der Waals surface area (Å²) >= 11 is 0.744. The topological polar surface area (TPSA) is 28.2 Å². The van der Waals surface area contributed by atoms with E-state index in [4.69, 9.17) is 0 Å². The van der Waals surface area contributed by atoms with E-state index in [1.54, 1.807) is 0 Å². The van der Waals surface area contributed by atoms with Crippen molar-refractivity contribution in [3.05, 3.63) is 16.1 Å². The standard InChI is InChI=1S/C12H18F3N3S/c1-18(9-3-2-5-16-6-4-9)8-11-17-7-10(19-11)12(13,14)15/h7,9,16H,2-6,8H2,1H3. The fourth-order valence-electron chi connectivity index (χ4n) is 2.30. The van der Waals surface area contributed by atoms with Crippen LogP contribution in [0.4, 0.5) is 13.2 Å². The lowest BCUT2D eigenvalue weighted by molar-refractivity contribution is -0.134. The molecule has 0 radical (unpaired) electrons. The van der Waals surface area contributed by atoms with Gasteiger partial charge in [0, 0.05) is 6.04 Å². The maximum Gasteiger partial charge on any atom is 0.427 e. The molecule has 7 heteroatoms. The van der Waals surface area contributed by atoms with Crippen molar-refractivity contribution in [3.63, 3.8) is 0 Å². The predicted octanol–water partition coefficient (Wildman–Crippen LogP) is 2.74. The van der Waals surface area contributed by atoms with Crippen LogP contribution in [0.2, 0.25) is 0 Å². The van der Waals surface area contributed by atoms with Crippen molar-refractivity contribution < 1.29 is 13.2 Å². The Labute approximate surface area is 114 Å². The lowest BCUT2D eigenvalue weighted by Gasteiger charge is -2.25. The molecule has 108 valence electrons. The minimum Gasteiger partial charge on any atom is -0.317 e. The number of nitrogens with zero attached hydrogens (tertiary/aromatic N) is 2. The van der Waals surface area contributed by atoms with Crippen LogP contribution in [0.5, 0.6) is 0 Å². The van der Waals surface area contributed by atoms with Crippen LogP contribution < -0.4 is 5.32 Å². The van der Waals surface area contributed by atoms with E-state index in [0.29, 0.717) is 17.6 Å². The number of hydrogen-bond donors (Lipinski definition) is 1. The second-order valence-electron chi connectivity index (χ2n) is 4.87. The average molecular weight is 293 g/mol. The van der Waals surface area contributed by atoms with E-state index in [1.165, 1.54) is 0 Å². The second-order valence-corrected chi connectivity index (χ2v) is 5.98. The molecule has 1 unspecified atom stereocenters. The van der Waals surface area contributed by atoms with Crippen LogP contribution in [0.25, 0.3) is 0 Å². The van der Waals surface area contributed by atoms with Gasteiger partial charge in [-0.1, -0.05) is 0 Å². The van der Waals surface area contributed by atoms with E-state index in [2.05, 4.69) is 15.2 Å². The zero-order valence-corrected chi connectivity index (χ0v) is 11.7. The van der Waals surface area contributed by atoms with Gasteiger partial charge in [0.25, 0.3) is 0 Å². The van der Waals surface area contributed by atoms with E-state index < -0.39 is 11.1 Å². The molecule has 0 saturated carbocycles. The zero-order valence-electron chi connectivity index (χ0n) is 10.8. The zero-order chi connectivity index (χ0) is 13.9. The number of hydrogen-bond acceptors (Lipinski definition) is 4. The van der Waals surface area contributed by atoms with Crippen LogP contribution in [-0.4, -0.2) is 36.1 Å². The highest BCUT2D eigenvalue weighted by Gasteiger charge is 2.33. The molecule has 3 nitrogen and oxygen atoms in total. The lowest BCUT2D eigenvalue weighted by Crippen LogP contribution is -2.31. The predicted molar refractivity (Wildman–Crippen MR) is 69.1 cm³/mol. The number of thiazole rings is 1. The first-order valence-electron chi connectivity index (χ1n) is 6.39. The van der Waals surface area contributed by atoms with Crippen LogP contribution in [0.3, 0.4) is 0 Å². The molecule has 1 aromatic rings. The summed E-state index contributed by atoms with van der Waals surface area (Å²) in [6.07, 6.45) is -0.112. The van der Waals surface area contributed by atoms with Crippen molar-refractivity contribution in [1.29, 1.82) is 0 Å². The fourth-order valence-corrected chi connectivity index (χ4v) is 3.15. The van der Waals surface area contributed by atoms with Gasteiger partial charge in [0.1, 0.15) is 9.88 Å². The SMILES string of the molecule is CN(Cc1ncc(C(F)(F)F)s1)C1CCCNCC1. The maximum atomic E-state index is 12.5. The highest BCUT2D eigenvalue weighted by Crippen LogP contribution is 2.33. The summed E-state index contributed by atoms with van der Waals surface area (Å²) in [6.45, 7) is 2.49. The number of halogens is 3. The van der Waals surface area contributed by atoms with Crippen LogP contribution in [0.1, 0.15) is 29.1 Å². The lowest BCUT2D eigenvalue weighted by atomic mass is 10.1. The summed E-state index contributed by atoms with van der Waals surface area (Å²) in [5.74, 6) is 0. The van der Waals surface area contributed by atoms with Crippen molar-refractivity contribution in [1.82, 2.24) is 15.2 Å². The normalized spacial score (nSPS) is 21.6. The molecule has 19 heavy (non-hydrogen) atoms. The molecule has 1 fully saturated rings. The Balaban J connectivity index is 1.94. The summed E-state index contributed by atoms with van der Waals surface area (Å²) in [5.41, 5.74) is 0. The molecule has 0 aliphatic carbocycles.